The number of nitrogens with one attached hydrogen (secondary N) is 1. The van der Waals surface area contributed by atoms with E-state index in [-0.39, 0.29) is 30.7 Å². The molecule has 1 aliphatic rings. The van der Waals surface area contributed by atoms with Gasteiger partial charge in [-0.3, -0.25) is 9.80 Å². The van der Waals surface area contributed by atoms with E-state index in [2.05, 4.69) is 15.3 Å². The Morgan fingerprint density at radius 3 is 2.37 bits per heavy atom. The van der Waals surface area contributed by atoms with Crippen LogP contribution < -0.4 is 10.3 Å². The lowest BCUT2D eigenvalue weighted by molar-refractivity contribution is -0.135. The van der Waals surface area contributed by atoms with Gasteiger partial charge in [0.05, 0.1) is 18.3 Å². The maximum absolute atomic E-state index is 13.1. The van der Waals surface area contributed by atoms with Crippen LogP contribution in [0, 0.1) is 0 Å². The maximum atomic E-state index is 13.1. The molecule has 0 saturated carbocycles. The fraction of sp³-hybridized carbons (Fsp3) is 0.348. The van der Waals surface area contributed by atoms with Gasteiger partial charge in [-0.2, -0.15) is 5.10 Å². The van der Waals surface area contributed by atoms with Gasteiger partial charge in [0, 0.05) is 13.0 Å². The Balaban J connectivity index is 1.75. The average Bonchev–Trinajstić information content (AvgIpc) is 3.21. The van der Waals surface area contributed by atoms with Crippen LogP contribution in [0.3, 0.4) is 0 Å². The molecule has 0 bridgehead atoms. The number of anilines is 1. The van der Waals surface area contributed by atoms with Gasteiger partial charge in [-0.1, -0.05) is 48.5 Å². The summed E-state index contributed by atoms with van der Waals surface area (Å²) in [6.07, 6.45) is 0.206. The summed E-state index contributed by atoms with van der Waals surface area (Å²) in [5.74, 6) is -0.658. The zero-order chi connectivity index (χ0) is 21.5. The first kappa shape index (κ1) is 21.5. The molecule has 2 aromatic carbocycles. The summed E-state index contributed by atoms with van der Waals surface area (Å²) in [5.41, 5.74) is 2.13. The third kappa shape index (κ3) is 5.04. The van der Waals surface area contributed by atoms with Crippen LogP contribution >= 0.6 is 0 Å². The number of ether oxygens (including phenoxy) is 1. The number of nitrogens with zero attached hydrogens (tertiary/aromatic N) is 3. The lowest BCUT2D eigenvalue weighted by atomic mass is 10.1. The van der Waals surface area contributed by atoms with Crippen LogP contribution in [0.4, 0.5) is 5.69 Å². The molecule has 1 amide bonds. The van der Waals surface area contributed by atoms with Gasteiger partial charge < -0.3 is 15.0 Å². The van der Waals surface area contributed by atoms with E-state index in [9.17, 15) is 9.59 Å². The normalized spacial score (nSPS) is 16.9. The first-order valence-corrected chi connectivity index (χ1v) is 10.1. The molecule has 158 valence electrons. The Kier molecular flexibility index (Phi) is 7.19. The first-order chi connectivity index (χ1) is 14.5. The van der Waals surface area contributed by atoms with Crippen LogP contribution in [0.15, 0.2) is 65.8 Å². The molecule has 1 N–H and O–H groups in total. The predicted octanol–water partition coefficient (Wildman–Crippen LogP) is 2.60. The van der Waals surface area contributed by atoms with Crippen LogP contribution in [0.1, 0.15) is 24.9 Å². The van der Waals surface area contributed by atoms with Crippen molar-refractivity contribution in [1.82, 2.24) is 10.2 Å². The van der Waals surface area contributed by atoms with Gasteiger partial charge >= 0.3 is 5.97 Å². The highest BCUT2D eigenvalue weighted by molar-refractivity contribution is 6.38. The molecule has 0 saturated heterocycles. The number of hydrogen-bond donors (Lipinski definition) is 1. The molecule has 7 heteroatoms. The van der Waals surface area contributed by atoms with Crippen LogP contribution in [-0.4, -0.2) is 55.8 Å². The number of hydrogen-bond acceptors (Lipinski definition) is 6. The van der Waals surface area contributed by atoms with Gasteiger partial charge in [0.25, 0.3) is 0 Å². The number of hydrazone groups is 1. The second-order valence-electron chi connectivity index (χ2n) is 7.30. The fourth-order valence-corrected chi connectivity index (χ4v) is 3.46. The smallest absolute Gasteiger partial charge is 0.354 e. The number of rotatable bonds is 8. The van der Waals surface area contributed by atoms with Crippen molar-refractivity contribution < 1.29 is 14.3 Å². The quantitative estimate of drug-likeness (QED) is 0.680. The van der Waals surface area contributed by atoms with Crippen molar-refractivity contribution in [3.8, 4) is 0 Å². The largest absolute Gasteiger partial charge is 0.461 e. The van der Waals surface area contributed by atoms with Crippen molar-refractivity contribution in [3.63, 3.8) is 0 Å². The number of carbonyl (C=O) groups excluding carboxylic acids is 2. The molecule has 30 heavy (non-hydrogen) atoms. The van der Waals surface area contributed by atoms with E-state index in [1.54, 1.807) is 11.9 Å². The summed E-state index contributed by atoms with van der Waals surface area (Å²) in [5, 5.41) is 9.06. The number of para-hydroxylation sites is 1. The van der Waals surface area contributed by atoms with E-state index >= 15 is 0 Å². The van der Waals surface area contributed by atoms with Crippen molar-refractivity contribution >= 4 is 23.3 Å². The number of esters is 1. The maximum Gasteiger partial charge on any atom is 0.354 e. The summed E-state index contributed by atoms with van der Waals surface area (Å²) < 4.78 is 5.09. The fourth-order valence-electron chi connectivity index (χ4n) is 3.46. The van der Waals surface area contributed by atoms with E-state index in [0.717, 1.165) is 11.3 Å². The SMILES string of the molecule is CCOC(=O)C1=NN(c2ccccc2)C(C(=O)NCC(c2ccccc2)N(C)C)C1. The summed E-state index contributed by atoms with van der Waals surface area (Å²) in [6.45, 7) is 2.46. The number of amides is 1. The zero-order valence-corrected chi connectivity index (χ0v) is 17.6. The Morgan fingerprint density at radius 2 is 1.77 bits per heavy atom. The highest BCUT2D eigenvalue weighted by Gasteiger charge is 2.37. The van der Waals surface area contributed by atoms with E-state index in [1.807, 2.05) is 74.8 Å². The predicted molar refractivity (Wildman–Crippen MR) is 117 cm³/mol. The molecule has 3 rings (SSSR count). The van der Waals surface area contributed by atoms with Gasteiger partial charge in [0.1, 0.15) is 11.8 Å². The minimum absolute atomic E-state index is 0.0344. The second kappa shape index (κ2) is 10.0. The number of carbonyl (C=O) groups is 2. The number of benzene rings is 2. The summed E-state index contributed by atoms with van der Waals surface area (Å²) in [7, 11) is 3.97. The molecule has 2 unspecified atom stereocenters. The second-order valence-corrected chi connectivity index (χ2v) is 7.30. The molecule has 7 nitrogen and oxygen atoms in total. The van der Waals surface area contributed by atoms with Crippen LogP contribution in [-0.2, 0) is 14.3 Å². The molecule has 0 aromatic heterocycles. The van der Waals surface area contributed by atoms with Gasteiger partial charge in [-0.05, 0) is 38.7 Å². The molecule has 2 atom stereocenters. The topological polar surface area (TPSA) is 74.2 Å². The highest BCUT2D eigenvalue weighted by atomic mass is 16.5. The van der Waals surface area contributed by atoms with Crippen molar-refractivity contribution in [2.45, 2.75) is 25.4 Å². The van der Waals surface area contributed by atoms with Crippen molar-refractivity contribution in [3.05, 3.63) is 66.2 Å². The van der Waals surface area contributed by atoms with E-state index in [1.165, 1.54) is 0 Å². The Labute approximate surface area is 177 Å². The third-order valence-corrected chi connectivity index (χ3v) is 5.02. The third-order valence-electron chi connectivity index (χ3n) is 5.02. The van der Waals surface area contributed by atoms with Crippen molar-refractivity contribution in [1.29, 1.82) is 0 Å². The van der Waals surface area contributed by atoms with Crippen molar-refractivity contribution in [2.75, 3.05) is 32.3 Å². The standard InChI is InChI=1S/C23H28N4O3/c1-4-30-23(29)19-15-20(27(25-19)18-13-9-6-10-14-18)22(28)24-16-21(26(2)3)17-11-7-5-8-12-17/h5-14,20-21H,4,15-16H2,1-3H3,(H,24,28). The van der Waals surface area contributed by atoms with Gasteiger partial charge in [0.15, 0.2) is 0 Å². The molecule has 1 heterocycles. The van der Waals surface area contributed by atoms with Crippen LogP contribution in [0.5, 0.6) is 0 Å². The van der Waals surface area contributed by atoms with Crippen molar-refractivity contribution in [2.24, 2.45) is 5.10 Å². The molecule has 0 fully saturated rings. The van der Waals surface area contributed by atoms with E-state index in [4.69, 9.17) is 4.74 Å². The lowest BCUT2D eigenvalue weighted by Crippen LogP contribution is -2.45. The Morgan fingerprint density at radius 1 is 1.13 bits per heavy atom. The average molecular weight is 409 g/mol. The summed E-state index contributed by atoms with van der Waals surface area (Å²) in [4.78, 5) is 27.4. The van der Waals surface area contributed by atoms with Gasteiger partial charge in [0.2, 0.25) is 5.91 Å². The summed E-state index contributed by atoms with van der Waals surface area (Å²) in [6, 6.07) is 18.8. The van der Waals surface area contributed by atoms with E-state index < -0.39 is 12.0 Å². The molecule has 0 spiro atoms. The zero-order valence-electron chi connectivity index (χ0n) is 17.6. The minimum Gasteiger partial charge on any atom is -0.461 e. The van der Waals surface area contributed by atoms with Crippen LogP contribution in [0.25, 0.3) is 0 Å². The molecule has 0 radical (unpaired) electrons. The molecule has 0 aliphatic carbocycles. The molecule has 2 aromatic rings. The van der Waals surface area contributed by atoms with Gasteiger partial charge in [-0.15, -0.1) is 0 Å². The van der Waals surface area contributed by atoms with Gasteiger partial charge in [-0.25, -0.2) is 4.79 Å². The Hall–Kier alpha value is -3.19. The monoisotopic (exact) mass is 408 g/mol. The molecular weight excluding hydrogens is 380 g/mol. The van der Waals surface area contributed by atoms with Crippen LogP contribution in [0.2, 0.25) is 0 Å². The molecule has 1 aliphatic heterocycles. The Bertz CT molecular complexity index is 884. The molecular formula is C23H28N4O3. The number of likely N-dealkylation sites (N-methyl/N-ethyl adjacent to an activating group) is 1. The first-order valence-electron chi connectivity index (χ1n) is 10.1. The lowest BCUT2D eigenvalue weighted by Gasteiger charge is -2.27. The van der Waals surface area contributed by atoms with E-state index in [0.29, 0.717) is 6.54 Å². The summed E-state index contributed by atoms with van der Waals surface area (Å²) >= 11 is 0. The minimum atomic E-state index is -0.606. The highest BCUT2D eigenvalue weighted by Crippen LogP contribution is 2.25.